The molecule has 0 bridgehead atoms. The molecule has 1 aliphatic rings. The van der Waals surface area contributed by atoms with Crippen LogP contribution in [-0.2, 0) is 4.74 Å². The number of carbonyl (C=O) groups is 1. The van der Waals surface area contributed by atoms with Crippen molar-refractivity contribution in [2.45, 2.75) is 19.1 Å². The Labute approximate surface area is 134 Å². The fraction of sp³-hybridized carbons (Fsp3) is 0.294. The Morgan fingerprint density at radius 1 is 1.23 bits per heavy atom. The molecule has 1 fully saturated rings. The maximum Gasteiger partial charge on any atom is 0.257 e. The SMILES string of the molecule is C[C@@H]1CN(C(=O)c2ccc[nH]c2=S)C[C@H](c2ccccc2)O1. The van der Waals surface area contributed by atoms with Crippen LogP contribution < -0.4 is 0 Å². The number of carbonyl (C=O) groups excluding carboxylic acids is 1. The lowest BCUT2D eigenvalue weighted by molar-refractivity contribution is -0.0691. The first kappa shape index (κ1) is 14.9. The third-order valence-corrected chi connectivity index (χ3v) is 4.11. The number of aromatic nitrogens is 1. The van der Waals surface area contributed by atoms with Crippen molar-refractivity contribution in [1.82, 2.24) is 9.88 Å². The number of nitrogens with one attached hydrogen (secondary N) is 1. The maximum atomic E-state index is 12.7. The number of aromatic amines is 1. The van der Waals surface area contributed by atoms with Crippen LogP contribution in [0.5, 0.6) is 0 Å². The van der Waals surface area contributed by atoms with E-state index in [0.29, 0.717) is 23.3 Å². The molecule has 3 rings (SSSR count). The molecule has 1 N–H and O–H groups in total. The molecular weight excluding hydrogens is 296 g/mol. The molecule has 22 heavy (non-hydrogen) atoms. The van der Waals surface area contributed by atoms with Crippen LogP contribution in [0.15, 0.2) is 48.7 Å². The van der Waals surface area contributed by atoms with Crippen LogP contribution in [0.2, 0.25) is 0 Å². The third-order valence-electron chi connectivity index (χ3n) is 3.77. The summed E-state index contributed by atoms with van der Waals surface area (Å²) in [4.78, 5) is 17.5. The van der Waals surface area contributed by atoms with Gasteiger partial charge in [-0.05, 0) is 24.6 Å². The molecule has 0 saturated carbocycles. The van der Waals surface area contributed by atoms with Crippen LogP contribution >= 0.6 is 12.2 Å². The molecule has 1 saturated heterocycles. The zero-order valence-corrected chi connectivity index (χ0v) is 13.2. The lowest BCUT2D eigenvalue weighted by atomic mass is 10.1. The number of rotatable bonds is 2. The highest BCUT2D eigenvalue weighted by molar-refractivity contribution is 7.71. The van der Waals surface area contributed by atoms with Gasteiger partial charge in [0.15, 0.2) is 0 Å². The number of nitrogens with zero attached hydrogens (tertiary/aromatic N) is 1. The molecule has 114 valence electrons. The Morgan fingerprint density at radius 3 is 2.73 bits per heavy atom. The largest absolute Gasteiger partial charge is 0.367 e. The normalized spacial score (nSPS) is 21.6. The topological polar surface area (TPSA) is 45.3 Å². The van der Waals surface area contributed by atoms with Crippen molar-refractivity contribution in [3.63, 3.8) is 0 Å². The fourth-order valence-corrected chi connectivity index (χ4v) is 2.95. The second-order valence-corrected chi connectivity index (χ2v) is 5.88. The molecule has 1 aromatic carbocycles. The number of hydrogen-bond acceptors (Lipinski definition) is 3. The summed E-state index contributed by atoms with van der Waals surface area (Å²) in [7, 11) is 0. The third kappa shape index (κ3) is 3.10. The first-order chi connectivity index (χ1) is 10.6. The molecule has 1 aromatic heterocycles. The van der Waals surface area contributed by atoms with Gasteiger partial charge in [-0.1, -0.05) is 42.5 Å². The molecule has 4 nitrogen and oxygen atoms in total. The second kappa shape index (κ2) is 6.42. The fourth-order valence-electron chi connectivity index (χ4n) is 2.73. The van der Waals surface area contributed by atoms with Crippen LogP contribution in [0.3, 0.4) is 0 Å². The van der Waals surface area contributed by atoms with Gasteiger partial charge >= 0.3 is 0 Å². The van der Waals surface area contributed by atoms with Gasteiger partial charge in [-0.2, -0.15) is 0 Å². The van der Waals surface area contributed by atoms with Crippen molar-refractivity contribution in [3.05, 3.63) is 64.4 Å². The molecule has 0 radical (unpaired) electrons. The number of morpholine rings is 1. The number of H-pyrrole nitrogens is 1. The summed E-state index contributed by atoms with van der Waals surface area (Å²) in [6.07, 6.45) is 1.62. The number of ether oxygens (including phenoxy) is 1. The van der Waals surface area contributed by atoms with Crippen molar-refractivity contribution in [2.75, 3.05) is 13.1 Å². The number of amides is 1. The summed E-state index contributed by atoms with van der Waals surface area (Å²) in [5.41, 5.74) is 1.63. The van der Waals surface area contributed by atoms with Crippen LogP contribution in [0.4, 0.5) is 0 Å². The van der Waals surface area contributed by atoms with E-state index >= 15 is 0 Å². The van der Waals surface area contributed by atoms with E-state index < -0.39 is 0 Å². The Morgan fingerprint density at radius 2 is 2.00 bits per heavy atom. The van der Waals surface area contributed by atoms with E-state index in [1.807, 2.05) is 42.2 Å². The van der Waals surface area contributed by atoms with Gasteiger partial charge in [-0.25, -0.2) is 0 Å². The lowest BCUT2D eigenvalue weighted by Crippen LogP contribution is -2.46. The molecule has 0 aliphatic carbocycles. The zero-order chi connectivity index (χ0) is 15.5. The summed E-state index contributed by atoms with van der Waals surface area (Å²) in [6.45, 7) is 3.10. The Kier molecular flexibility index (Phi) is 4.36. The summed E-state index contributed by atoms with van der Waals surface area (Å²) < 4.78 is 6.47. The molecule has 1 aliphatic heterocycles. The van der Waals surface area contributed by atoms with Crippen LogP contribution in [-0.4, -0.2) is 35.0 Å². The van der Waals surface area contributed by atoms with E-state index in [1.54, 1.807) is 18.3 Å². The van der Waals surface area contributed by atoms with Gasteiger partial charge in [0.1, 0.15) is 10.7 Å². The summed E-state index contributed by atoms with van der Waals surface area (Å²) >= 11 is 5.22. The minimum Gasteiger partial charge on any atom is -0.367 e. The Balaban J connectivity index is 1.84. The van der Waals surface area contributed by atoms with Gasteiger partial charge in [0.05, 0.1) is 18.2 Å². The van der Waals surface area contributed by atoms with E-state index in [1.165, 1.54) is 0 Å². The molecule has 2 heterocycles. The predicted molar refractivity (Wildman–Crippen MR) is 87.3 cm³/mol. The van der Waals surface area contributed by atoms with Gasteiger partial charge in [-0.15, -0.1) is 0 Å². The minimum atomic E-state index is -0.102. The van der Waals surface area contributed by atoms with E-state index in [9.17, 15) is 4.79 Å². The van der Waals surface area contributed by atoms with Gasteiger partial charge < -0.3 is 14.6 Å². The smallest absolute Gasteiger partial charge is 0.257 e. The van der Waals surface area contributed by atoms with Gasteiger partial charge in [0.25, 0.3) is 5.91 Å². The van der Waals surface area contributed by atoms with Crippen LogP contribution in [0.25, 0.3) is 0 Å². The Hall–Kier alpha value is -1.98. The second-order valence-electron chi connectivity index (χ2n) is 5.47. The monoisotopic (exact) mass is 314 g/mol. The van der Waals surface area contributed by atoms with Crippen molar-refractivity contribution in [1.29, 1.82) is 0 Å². The summed E-state index contributed by atoms with van der Waals surface area (Å²) in [6, 6.07) is 13.6. The van der Waals surface area contributed by atoms with Gasteiger partial charge in [0, 0.05) is 12.7 Å². The van der Waals surface area contributed by atoms with E-state index in [2.05, 4.69) is 4.98 Å². The molecule has 0 spiro atoms. The first-order valence-corrected chi connectivity index (χ1v) is 7.73. The van der Waals surface area contributed by atoms with Gasteiger partial charge in [0.2, 0.25) is 0 Å². The quantitative estimate of drug-likeness (QED) is 0.865. The molecule has 2 aromatic rings. The van der Waals surface area contributed by atoms with E-state index in [-0.39, 0.29) is 18.1 Å². The zero-order valence-electron chi connectivity index (χ0n) is 12.4. The summed E-state index contributed by atoms with van der Waals surface area (Å²) in [5.74, 6) is -0.0436. The van der Waals surface area contributed by atoms with Crippen molar-refractivity contribution in [2.24, 2.45) is 0 Å². The van der Waals surface area contributed by atoms with Gasteiger partial charge in [-0.3, -0.25) is 4.79 Å². The molecular formula is C17H18N2O2S. The number of benzene rings is 1. The minimum absolute atomic E-state index is 0.0100. The molecule has 1 amide bonds. The molecule has 0 unspecified atom stereocenters. The van der Waals surface area contributed by atoms with Crippen LogP contribution in [0, 0.1) is 4.64 Å². The summed E-state index contributed by atoms with van der Waals surface area (Å²) in [5, 5.41) is 0. The van der Waals surface area contributed by atoms with Crippen LogP contribution in [0.1, 0.15) is 28.9 Å². The highest BCUT2D eigenvalue weighted by Gasteiger charge is 2.30. The van der Waals surface area contributed by atoms with E-state index in [4.69, 9.17) is 17.0 Å². The van der Waals surface area contributed by atoms with Crippen molar-refractivity contribution >= 4 is 18.1 Å². The Bertz CT molecular complexity index is 714. The molecule has 5 heteroatoms. The number of pyridine rings is 1. The lowest BCUT2D eigenvalue weighted by Gasteiger charge is -2.37. The number of hydrogen-bond donors (Lipinski definition) is 1. The van der Waals surface area contributed by atoms with E-state index in [0.717, 1.165) is 5.56 Å². The predicted octanol–water partition coefficient (Wildman–Crippen LogP) is 3.35. The first-order valence-electron chi connectivity index (χ1n) is 7.32. The maximum absolute atomic E-state index is 12.7. The van der Waals surface area contributed by atoms with Crippen molar-refractivity contribution in [3.8, 4) is 0 Å². The highest BCUT2D eigenvalue weighted by atomic mass is 32.1. The van der Waals surface area contributed by atoms with Crippen molar-refractivity contribution < 1.29 is 9.53 Å². The highest BCUT2D eigenvalue weighted by Crippen LogP contribution is 2.26. The standard InChI is InChI=1S/C17H18N2O2S/c1-12-10-19(17(20)14-8-5-9-18-16(14)22)11-15(21-12)13-6-3-2-4-7-13/h2-9,12,15H,10-11H2,1H3,(H,18,22)/t12-,15-/m1/s1. The average Bonchev–Trinajstić information content (AvgIpc) is 2.55. The molecule has 2 atom stereocenters. The average molecular weight is 314 g/mol.